The monoisotopic (exact) mass is 335 g/mol. The molecule has 1 aromatic rings. The number of rotatable bonds is 6. The topological polar surface area (TPSA) is 79.9 Å². The minimum Gasteiger partial charge on any atom is -0.453 e. The molecule has 2 rings (SSSR count). The van der Waals surface area contributed by atoms with Crippen molar-refractivity contribution < 1.29 is 19.1 Å². The second kappa shape index (κ2) is 9.12. The molecule has 1 aliphatic rings. The Bertz CT molecular complexity index is 557. The minimum absolute atomic E-state index is 0.0996. The van der Waals surface area contributed by atoms with Crippen LogP contribution in [0.1, 0.15) is 23.2 Å². The first-order valence-corrected chi connectivity index (χ1v) is 8.11. The Morgan fingerprint density at radius 2 is 1.92 bits per heavy atom. The normalized spacial score (nSPS) is 15.0. The van der Waals surface area contributed by atoms with Gasteiger partial charge >= 0.3 is 6.09 Å². The lowest BCUT2D eigenvalue weighted by molar-refractivity contribution is 0.0937. The maximum absolute atomic E-state index is 12.4. The number of ether oxygens (including phenoxy) is 2. The lowest BCUT2D eigenvalue weighted by atomic mass is 10.0. The molecule has 1 aromatic carbocycles. The van der Waals surface area contributed by atoms with Crippen LogP contribution >= 0.6 is 0 Å². The van der Waals surface area contributed by atoms with Crippen LogP contribution in [0.2, 0.25) is 0 Å². The van der Waals surface area contributed by atoms with Crippen LogP contribution in [-0.2, 0) is 9.47 Å². The van der Waals surface area contributed by atoms with E-state index in [4.69, 9.17) is 4.74 Å². The van der Waals surface area contributed by atoms with E-state index >= 15 is 0 Å². The first-order chi connectivity index (χ1) is 11.7. The summed E-state index contributed by atoms with van der Waals surface area (Å²) < 4.78 is 9.59. The van der Waals surface area contributed by atoms with Gasteiger partial charge in [-0.1, -0.05) is 12.1 Å². The molecular weight excluding hydrogens is 310 g/mol. The van der Waals surface area contributed by atoms with E-state index in [1.807, 2.05) is 24.3 Å². The summed E-state index contributed by atoms with van der Waals surface area (Å²) in [5.74, 6) is -0.0996. The third-order valence-electron chi connectivity index (χ3n) is 4.08. The lowest BCUT2D eigenvalue weighted by Gasteiger charge is -2.34. The van der Waals surface area contributed by atoms with Crippen LogP contribution in [0.25, 0.3) is 0 Å². The van der Waals surface area contributed by atoms with Crippen molar-refractivity contribution in [1.82, 2.24) is 10.6 Å². The predicted molar refractivity (Wildman–Crippen MR) is 91.4 cm³/mol. The van der Waals surface area contributed by atoms with Crippen molar-refractivity contribution in [2.24, 2.45) is 0 Å². The van der Waals surface area contributed by atoms with Crippen molar-refractivity contribution in [1.29, 1.82) is 0 Å². The van der Waals surface area contributed by atoms with E-state index in [-0.39, 0.29) is 11.9 Å². The third kappa shape index (κ3) is 4.86. The summed E-state index contributed by atoms with van der Waals surface area (Å²) in [6, 6.07) is 7.69. The van der Waals surface area contributed by atoms with Crippen LogP contribution < -0.4 is 15.5 Å². The van der Waals surface area contributed by atoms with Crippen molar-refractivity contribution in [3.05, 3.63) is 29.8 Å². The van der Waals surface area contributed by atoms with Crippen LogP contribution in [0.5, 0.6) is 0 Å². The quantitative estimate of drug-likeness (QED) is 0.768. The first kappa shape index (κ1) is 18.1. The van der Waals surface area contributed by atoms with Gasteiger partial charge in [-0.3, -0.25) is 4.79 Å². The first-order valence-electron chi connectivity index (χ1n) is 8.11. The van der Waals surface area contributed by atoms with Gasteiger partial charge in [0.05, 0.1) is 19.3 Å². The van der Waals surface area contributed by atoms with Gasteiger partial charge in [-0.15, -0.1) is 0 Å². The maximum Gasteiger partial charge on any atom is 0.407 e. The molecule has 0 aliphatic carbocycles. The Morgan fingerprint density at radius 1 is 1.21 bits per heavy atom. The molecular formula is C17H25N3O4. The van der Waals surface area contributed by atoms with E-state index in [9.17, 15) is 9.59 Å². The molecule has 24 heavy (non-hydrogen) atoms. The summed E-state index contributed by atoms with van der Waals surface area (Å²) >= 11 is 0. The second-order valence-electron chi connectivity index (χ2n) is 5.66. The molecule has 132 valence electrons. The molecule has 2 amide bonds. The second-order valence-corrected chi connectivity index (χ2v) is 5.66. The highest BCUT2D eigenvalue weighted by atomic mass is 16.5. The Balaban J connectivity index is 1.98. The molecule has 1 heterocycles. The Morgan fingerprint density at radius 3 is 2.58 bits per heavy atom. The molecule has 0 unspecified atom stereocenters. The number of para-hydroxylation sites is 1. The number of hydrogen-bond donors (Lipinski definition) is 2. The molecule has 2 N–H and O–H groups in total. The Kier molecular flexibility index (Phi) is 6.87. The molecule has 7 heteroatoms. The largest absolute Gasteiger partial charge is 0.453 e. The average molecular weight is 335 g/mol. The number of carbonyl (C=O) groups excluding carboxylic acids is 2. The summed E-state index contributed by atoms with van der Waals surface area (Å²) in [4.78, 5) is 25.8. The van der Waals surface area contributed by atoms with Gasteiger partial charge in [0, 0.05) is 38.5 Å². The van der Waals surface area contributed by atoms with Crippen LogP contribution in [-0.4, -0.2) is 58.5 Å². The van der Waals surface area contributed by atoms with Gasteiger partial charge in [0.15, 0.2) is 0 Å². The molecule has 0 radical (unpaired) electrons. The van der Waals surface area contributed by atoms with Crippen LogP contribution in [0.4, 0.5) is 10.5 Å². The van der Waals surface area contributed by atoms with E-state index in [1.165, 1.54) is 7.11 Å². The van der Waals surface area contributed by atoms with E-state index in [0.29, 0.717) is 18.7 Å². The highest BCUT2D eigenvalue weighted by Gasteiger charge is 2.23. The van der Waals surface area contributed by atoms with E-state index < -0.39 is 6.09 Å². The standard InChI is InChI=1S/C17H25N3O4/c1-23-12-9-18-16(21)14-5-3-4-6-15(14)20-10-7-13(8-11-20)19-17(22)24-2/h3-6,13H,7-12H2,1-2H3,(H,18,21)(H,19,22). The fourth-order valence-electron chi connectivity index (χ4n) is 2.79. The molecule has 1 saturated heterocycles. The van der Waals surface area contributed by atoms with Crippen molar-refractivity contribution >= 4 is 17.7 Å². The zero-order valence-corrected chi connectivity index (χ0v) is 14.2. The number of nitrogens with zero attached hydrogens (tertiary/aromatic N) is 1. The Labute approximate surface area is 142 Å². The minimum atomic E-state index is -0.397. The maximum atomic E-state index is 12.4. The van der Waals surface area contributed by atoms with Crippen LogP contribution in [0.3, 0.4) is 0 Å². The zero-order valence-electron chi connectivity index (χ0n) is 14.2. The summed E-state index contributed by atoms with van der Waals surface area (Å²) in [7, 11) is 2.97. The number of nitrogens with one attached hydrogen (secondary N) is 2. The van der Waals surface area contributed by atoms with Crippen molar-refractivity contribution in [2.45, 2.75) is 18.9 Å². The molecule has 7 nitrogen and oxygen atoms in total. The van der Waals surface area contributed by atoms with E-state index in [0.717, 1.165) is 31.6 Å². The van der Waals surface area contributed by atoms with Gasteiger partial charge < -0.3 is 25.0 Å². The van der Waals surface area contributed by atoms with E-state index in [2.05, 4.69) is 20.3 Å². The third-order valence-corrected chi connectivity index (χ3v) is 4.08. The zero-order chi connectivity index (χ0) is 17.4. The molecule has 0 saturated carbocycles. The molecule has 0 aromatic heterocycles. The van der Waals surface area contributed by atoms with Crippen molar-refractivity contribution in [3.63, 3.8) is 0 Å². The Hall–Kier alpha value is -2.28. The van der Waals surface area contributed by atoms with Crippen molar-refractivity contribution in [3.8, 4) is 0 Å². The summed E-state index contributed by atoms with van der Waals surface area (Å²) in [6.45, 7) is 2.52. The van der Waals surface area contributed by atoms with Gasteiger partial charge in [0.2, 0.25) is 0 Å². The number of anilines is 1. The fraction of sp³-hybridized carbons (Fsp3) is 0.529. The fourth-order valence-corrected chi connectivity index (χ4v) is 2.79. The molecule has 1 aliphatic heterocycles. The SMILES string of the molecule is COCCNC(=O)c1ccccc1N1CCC(NC(=O)OC)CC1. The smallest absolute Gasteiger partial charge is 0.407 e. The summed E-state index contributed by atoms with van der Waals surface area (Å²) in [5, 5.41) is 5.69. The van der Waals surface area contributed by atoms with Crippen LogP contribution in [0, 0.1) is 0 Å². The van der Waals surface area contributed by atoms with Crippen molar-refractivity contribution in [2.75, 3.05) is 45.4 Å². The van der Waals surface area contributed by atoms with Gasteiger partial charge in [0.1, 0.15) is 0 Å². The number of benzene rings is 1. The van der Waals surface area contributed by atoms with Gasteiger partial charge in [-0.05, 0) is 25.0 Å². The molecule has 1 fully saturated rings. The number of methoxy groups -OCH3 is 2. The van der Waals surface area contributed by atoms with Gasteiger partial charge in [0.25, 0.3) is 5.91 Å². The lowest BCUT2D eigenvalue weighted by Crippen LogP contribution is -2.45. The molecule has 0 atom stereocenters. The average Bonchev–Trinajstić information content (AvgIpc) is 2.62. The number of amides is 2. The van der Waals surface area contributed by atoms with Gasteiger partial charge in [-0.2, -0.15) is 0 Å². The van der Waals surface area contributed by atoms with E-state index in [1.54, 1.807) is 7.11 Å². The number of alkyl carbamates (subject to hydrolysis) is 1. The van der Waals surface area contributed by atoms with Crippen LogP contribution in [0.15, 0.2) is 24.3 Å². The highest BCUT2D eigenvalue weighted by molar-refractivity contribution is 5.99. The number of carbonyl (C=O) groups is 2. The summed E-state index contributed by atoms with van der Waals surface area (Å²) in [6.07, 6.45) is 1.23. The predicted octanol–water partition coefficient (Wildman–Crippen LogP) is 1.39. The molecule has 0 bridgehead atoms. The highest BCUT2D eigenvalue weighted by Crippen LogP contribution is 2.24. The molecule has 0 spiro atoms. The van der Waals surface area contributed by atoms with Gasteiger partial charge in [-0.25, -0.2) is 4.79 Å². The summed E-state index contributed by atoms with van der Waals surface area (Å²) in [5.41, 5.74) is 1.58. The number of piperidine rings is 1. The number of hydrogen-bond acceptors (Lipinski definition) is 5.